The van der Waals surface area contributed by atoms with Crippen molar-refractivity contribution < 1.29 is 37.5 Å². The molecule has 28 heavy (non-hydrogen) atoms. The molecule has 2 rings (SSSR count). The van der Waals surface area contributed by atoms with Gasteiger partial charge >= 0.3 is 19.7 Å². The van der Waals surface area contributed by atoms with E-state index < -0.39 is 43.6 Å². The van der Waals surface area contributed by atoms with Gasteiger partial charge in [-0.2, -0.15) is 0 Å². The Labute approximate surface area is 160 Å². The van der Waals surface area contributed by atoms with Crippen LogP contribution in [-0.4, -0.2) is 62.1 Å². The predicted molar refractivity (Wildman–Crippen MR) is 94.9 cm³/mol. The first kappa shape index (κ1) is 21.5. The van der Waals surface area contributed by atoms with Crippen LogP contribution >= 0.6 is 7.75 Å². The summed E-state index contributed by atoms with van der Waals surface area (Å²) in [4.78, 5) is 49.3. The Balaban J connectivity index is 2.10. The minimum atomic E-state index is -3.99. The van der Waals surface area contributed by atoms with E-state index in [0.29, 0.717) is 10.5 Å². The number of imide groups is 1. The quantitative estimate of drug-likeness (QED) is 0.367. The lowest BCUT2D eigenvalue weighted by atomic mass is 9.95. The van der Waals surface area contributed by atoms with Gasteiger partial charge in [0.1, 0.15) is 6.04 Å². The molecule has 1 aromatic carbocycles. The van der Waals surface area contributed by atoms with Gasteiger partial charge < -0.3 is 10.1 Å². The molecule has 1 aromatic rings. The molecule has 1 fully saturated rings. The summed E-state index contributed by atoms with van der Waals surface area (Å²) < 4.78 is 25.8. The minimum absolute atomic E-state index is 0.0206. The number of rotatable bonds is 7. The Bertz CT molecular complexity index is 807. The standard InChI is InChI=1S/C16H20N3O8P/c1-25-15(22)13-12(17-11(20)9-10-7-5-4-6-8-10)14(21)19(13)16(23)18-28(24,26-2)27-3/h4-8,12-13H,9H2,1-3H3,(H,17,20)(H,18,23,24)/t12-,13-/m0/s1. The SMILES string of the molecule is COC(=O)[C@@H]1[C@H](NC(=O)Cc2ccccc2)C(=O)N1C(=O)NP(=O)(OC)OC. The molecule has 12 heteroatoms. The van der Waals surface area contributed by atoms with Gasteiger partial charge in [0, 0.05) is 14.2 Å². The van der Waals surface area contributed by atoms with Gasteiger partial charge in [0.15, 0.2) is 6.04 Å². The molecular weight excluding hydrogens is 393 g/mol. The maximum absolute atomic E-state index is 12.4. The lowest BCUT2D eigenvalue weighted by Crippen LogP contribution is -2.75. The summed E-state index contributed by atoms with van der Waals surface area (Å²) in [7, 11) is -0.850. The van der Waals surface area contributed by atoms with Crippen LogP contribution in [-0.2, 0) is 39.2 Å². The molecular formula is C16H20N3O8P. The number of likely N-dealkylation sites (tertiary alicyclic amines) is 1. The summed E-state index contributed by atoms with van der Waals surface area (Å²) in [6.07, 6.45) is -0.0206. The molecule has 0 radical (unpaired) electrons. The van der Waals surface area contributed by atoms with Crippen LogP contribution in [0.4, 0.5) is 4.79 Å². The molecule has 0 unspecified atom stereocenters. The number of methoxy groups -OCH3 is 1. The monoisotopic (exact) mass is 413 g/mol. The summed E-state index contributed by atoms with van der Waals surface area (Å²) in [5.41, 5.74) is 0.706. The highest BCUT2D eigenvalue weighted by Crippen LogP contribution is 2.42. The van der Waals surface area contributed by atoms with E-state index in [9.17, 15) is 23.7 Å². The van der Waals surface area contributed by atoms with Gasteiger partial charge in [-0.3, -0.25) is 18.6 Å². The van der Waals surface area contributed by atoms with Crippen molar-refractivity contribution in [3.05, 3.63) is 35.9 Å². The lowest BCUT2D eigenvalue weighted by Gasteiger charge is -2.43. The fourth-order valence-corrected chi connectivity index (χ4v) is 3.23. The van der Waals surface area contributed by atoms with Crippen molar-refractivity contribution in [3.63, 3.8) is 0 Å². The smallest absolute Gasteiger partial charge is 0.435 e. The van der Waals surface area contributed by atoms with E-state index >= 15 is 0 Å². The van der Waals surface area contributed by atoms with Crippen molar-refractivity contribution >= 4 is 31.6 Å². The molecule has 0 bridgehead atoms. The first-order valence-corrected chi connectivity index (χ1v) is 9.58. The Morgan fingerprint density at radius 1 is 1.11 bits per heavy atom. The van der Waals surface area contributed by atoms with Crippen molar-refractivity contribution in [2.75, 3.05) is 21.3 Å². The molecule has 1 saturated heterocycles. The number of amides is 4. The van der Waals surface area contributed by atoms with Crippen molar-refractivity contribution in [3.8, 4) is 0 Å². The maximum atomic E-state index is 12.4. The second-order valence-electron chi connectivity index (χ2n) is 5.66. The number of nitrogens with zero attached hydrogens (tertiary/aromatic N) is 1. The highest BCUT2D eigenvalue weighted by molar-refractivity contribution is 7.52. The minimum Gasteiger partial charge on any atom is -0.467 e. The number of nitrogens with one attached hydrogen (secondary N) is 2. The highest BCUT2D eigenvalue weighted by atomic mass is 31.2. The molecule has 0 aromatic heterocycles. The van der Waals surface area contributed by atoms with E-state index in [4.69, 9.17) is 0 Å². The summed E-state index contributed by atoms with van der Waals surface area (Å²) in [6.45, 7) is 0. The van der Waals surface area contributed by atoms with Gasteiger partial charge in [-0.05, 0) is 5.56 Å². The molecule has 2 N–H and O–H groups in total. The van der Waals surface area contributed by atoms with E-state index in [1.54, 1.807) is 30.3 Å². The third-order valence-electron chi connectivity index (χ3n) is 4.00. The van der Waals surface area contributed by atoms with Crippen LogP contribution in [0.3, 0.4) is 0 Å². The van der Waals surface area contributed by atoms with E-state index in [1.807, 2.05) is 5.09 Å². The second kappa shape index (κ2) is 8.96. The third kappa shape index (κ3) is 4.56. The summed E-state index contributed by atoms with van der Waals surface area (Å²) in [5.74, 6) is -2.31. The first-order chi connectivity index (χ1) is 13.3. The van der Waals surface area contributed by atoms with E-state index in [0.717, 1.165) is 21.3 Å². The zero-order valence-electron chi connectivity index (χ0n) is 15.4. The Hall–Kier alpha value is -2.75. The molecule has 2 atom stereocenters. The zero-order valence-corrected chi connectivity index (χ0v) is 16.3. The number of carbonyl (C=O) groups is 4. The molecule has 1 heterocycles. The van der Waals surface area contributed by atoms with Crippen LogP contribution in [0.1, 0.15) is 5.56 Å². The molecule has 4 amide bonds. The summed E-state index contributed by atoms with van der Waals surface area (Å²) in [6, 6.07) is 4.87. The third-order valence-corrected chi connectivity index (χ3v) is 5.42. The highest BCUT2D eigenvalue weighted by Gasteiger charge is 2.57. The molecule has 152 valence electrons. The number of esters is 1. The maximum Gasteiger partial charge on any atom is 0.435 e. The molecule has 1 aliphatic heterocycles. The number of hydrogen-bond donors (Lipinski definition) is 2. The average molecular weight is 413 g/mol. The normalized spacial score (nSPS) is 18.8. The largest absolute Gasteiger partial charge is 0.467 e. The molecule has 0 spiro atoms. The number of β-lactam (4-membered cyclic amide) rings is 1. The molecule has 0 aliphatic carbocycles. The second-order valence-corrected chi connectivity index (χ2v) is 7.61. The Kier molecular flexibility index (Phi) is 6.90. The summed E-state index contributed by atoms with van der Waals surface area (Å²) >= 11 is 0. The number of hydrogen-bond acceptors (Lipinski definition) is 8. The van der Waals surface area contributed by atoms with Gasteiger partial charge in [0.2, 0.25) is 5.91 Å². The van der Waals surface area contributed by atoms with Crippen molar-refractivity contribution in [1.82, 2.24) is 15.3 Å². The van der Waals surface area contributed by atoms with Crippen molar-refractivity contribution in [1.29, 1.82) is 0 Å². The first-order valence-electron chi connectivity index (χ1n) is 8.04. The number of urea groups is 1. The fourth-order valence-electron chi connectivity index (χ4n) is 2.56. The number of benzene rings is 1. The van der Waals surface area contributed by atoms with Crippen LogP contribution < -0.4 is 10.4 Å². The van der Waals surface area contributed by atoms with Gasteiger partial charge in [-0.25, -0.2) is 24.1 Å². The molecule has 0 saturated carbocycles. The van der Waals surface area contributed by atoms with Gasteiger partial charge in [-0.1, -0.05) is 30.3 Å². The molecule has 11 nitrogen and oxygen atoms in total. The predicted octanol–water partition coefficient (Wildman–Crippen LogP) is 0.208. The van der Waals surface area contributed by atoms with Gasteiger partial charge in [0.05, 0.1) is 13.5 Å². The van der Waals surface area contributed by atoms with Crippen molar-refractivity contribution in [2.45, 2.75) is 18.5 Å². The van der Waals surface area contributed by atoms with Crippen molar-refractivity contribution in [2.24, 2.45) is 0 Å². The van der Waals surface area contributed by atoms with E-state index in [1.165, 1.54) is 0 Å². The fraction of sp³-hybridized carbons (Fsp3) is 0.375. The summed E-state index contributed by atoms with van der Waals surface area (Å²) in [5, 5.41) is 4.32. The Morgan fingerprint density at radius 3 is 2.25 bits per heavy atom. The van der Waals surface area contributed by atoms with Crippen LogP contribution in [0.15, 0.2) is 30.3 Å². The van der Waals surface area contributed by atoms with Gasteiger partial charge in [0.25, 0.3) is 5.91 Å². The van der Waals surface area contributed by atoms with Crippen LogP contribution in [0, 0.1) is 0 Å². The van der Waals surface area contributed by atoms with E-state index in [2.05, 4.69) is 19.1 Å². The molecule has 1 aliphatic rings. The number of ether oxygens (including phenoxy) is 1. The van der Waals surface area contributed by atoms with Gasteiger partial charge in [-0.15, -0.1) is 0 Å². The topological polar surface area (TPSA) is 140 Å². The van der Waals surface area contributed by atoms with E-state index in [-0.39, 0.29) is 6.42 Å². The van der Waals surface area contributed by atoms with Crippen LogP contribution in [0.2, 0.25) is 0 Å². The Morgan fingerprint density at radius 2 is 1.71 bits per heavy atom. The van der Waals surface area contributed by atoms with Crippen LogP contribution in [0.5, 0.6) is 0 Å². The average Bonchev–Trinajstić information content (AvgIpc) is 2.69. The van der Waals surface area contributed by atoms with Crippen LogP contribution in [0.25, 0.3) is 0 Å². The zero-order chi connectivity index (χ0) is 20.9. The lowest BCUT2D eigenvalue weighted by molar-refractivity contribution is -0.164. The number of carbonyl (C=O) groups excluding carboxylic acids is 4.